The van der Waals surface area contributed by atoms with Gasteiger partial charge in [-0.15, -0.1) is 12.4 Å². The van der Waals surface area contributed by atoms with Crippen molar-refractivity contribution >= 4 is 29.9 Å². The van der Waals surface area contributed by atoms with E-state index in [1.165, 1.54) is 5.56 Å². The van der Waals surface area contributed by atoms with Crippen molar-refractivity contribution in [1.29, 1.82) is 0 Å². The van der Waals surface area contributed by atoms with Gasteiger partial charge >= 0.3 is 0 Å². The maximum Gasteiger partial charge on any atom is 0.228 e. The largest absolute Gasteiger partial charge is 0.342 e. The SMILES string of the molecule is CCCc1ccc(N2CC(C(=O)N(C)C3CCNCC3)CC2=O)cc1.Cl. The number of hydrogen-bond donors (Lipinski definition) is 1. The first-order chi connectivity index (χ1) is 12.1. The van der Waals surface area contributed by atoms with E-state index in [-0.39, 0.29) is 30.1 Å². The first-order valence-corrected chi connectivity index (χ1v) is 9.47. The second-order valence-electron chi connectivity index (χ2n) is 7.25. The fourth-order valence-electron chi connectivity index (χ4n) is 3.92. The molecule has 2 aliphatic rings. The van der Waals surface area contributed by atoms with Crippen molar-refractivity contribution in [2.45, 2.75) is 45.1 Å². The van der Waals surface area contributed by atoms with E-state index in [1.807, 2.05) is 24.1 Å². The van der Waals surface area contributed by atoms with E-state index < -0.39 is 0 Å². The van der Waals surface area contributed by atoms with Crippen molar-refractivity contribution in [2.75, 3.05) is 31.6 Å². The van der Waals surface area contributed by atoms with Crippen molar-refractivity contribution in [1.82, 2.24) is 10.2 Å². The van der Waals surface area contributed by atoms with Crippen molar-refractivity contribution in [3.63, 3.8) is 0 Å². The van der Waals surface area contributed by atoms with Crippen molar-refractivity contribution < 1.29 is 9.59 Å². The van der Waals surface area contributed by atoms with Crippen LogP contribution in [0.2, 0.25) is 0 Å². The number of rotatable bonds is 5. The molecule has 0 aromatic heterocycles. The lowest BCUT2D eigenvalue weighted by molar-refractivity contribution is -0.137. The summed E-state index contributed by atoms with van der Waals surface area (Å²) in [6, 6.07) is 8.48. The number of hydrogen-bond acceptors (Lipinski definition) is 3. The Kier molecular flexibility index (Phi) is 7.47. The molecule has 1 aromatic rings. The minimum absolute atomic E-state index is 0. The van der Waals surface area contributed by atoms with Crippen LogP contribution in [0.25, 0.3) is 0 Å². The summed E-state index contributed by atoms with van der Waals surface area (Å²) in [4.78, 5) is 28.9. The van der Waals surface area contributed by atoms with Gasteiger partial charge in [-0.05, 0) is 50.0 Å². The predicted molar refractivity (Wildman–Crippen MR) is 107 cm³/mol. The molecule has 2 heterocycles. The van der Waals surface area contributed by atoms with Crippen LogP contribution < -0.4 is 10.2 Å². The van der Waals surface area contributed by atoms with Crippen LogP contribution in [-0.4, -0.2) is 49.4 Å². The molecule has 1 unspecified atom stereocenters. The van der Waals surface area contributed by atoms with E-state index in [0.717, 1.165) is 44.5 Å². The van der Waals surface area contributed by atoms with Crippen LogP contribution in [0.15, 0.2) is 24.3 Å². The minimum Gasteiger partial charge on any atom is -0.342 e. The van der Waals surface area contributed by atoms with Crippen molar-refractivity contribution in [2.24, 2.45) is 5.92 Å². The zero-order chi connectivity index (χ0) is 17.8. The average molecular weight is 380 g/mol. The Balaban J connectivity index is 0.00000243. The van der Waals surface area contributed by atoms with E-state index >= 15 is 0 Å². The highest BCUT2D eigenvalue weighted by molar-refractivity contribution is 6.00. The number of nitrogens with one attached hydrogen (secondary N) is 1. The van der Waals surface area contributed by atoms with Gasteiger partial charge in [-0.2, -0.15) is 0 Å². The maximum atomic E-state index is 12.8. The number of carbonyl (C=O) groups excluding carboxylic acids is 2. The summed E-state index contributed by atoms with van der Waals surface area (Å²) >= 11 is 0. The van der Waals surface area contributed by atoms with Crippen molar-refractivity contribution in [3.8, 4) is 0 Å². The monoisotopic (exact) mass is 379 g/mol. The van der Waals surface area contributed by atoms with Crippen LogP contribution in [0.5, 0.6) is 0 Å². The van der Waals surface area contributed by atoms with Gasteiger partial charge < -0.3 is 15.1 Å². The number of nitrogens with zero attached hydrogens (tertiary/aromatic N) is 2. The van der Waals surface area contributed by atoms with Crippen LogP contribution in [0.3, 0.4) is 0 Å². The second-order valence-corrected chi connectivity index (χ2v) is 7.25. The second kappa shape index (κ2) is 9.38. The third-order valence-electron chi connectivity index (χ3n) is 5.46. The highest BCUT2D eigenvalue weighted by atomic mass is 35.5. The van der Waals surface area contributed by atoms with Gasteiger partial charge in [-0.1, -0.05) is 25.5 Å². The molecule has 0 saturated carbocycles. The normalized spacial score (nSPS) is 20.8. The molecule has 2 amide bonds. The first kappa shape index (κ1) is 20.7. The molecule has 1 atom stereocenters. The topological polar surface area (TPSA) is 52.7 Å². The summed E-state index contributed by atoms with van der Waals surface area (Å²) in [6.45, 7) is 4.58. The lowest BCUT2D eigenvalue weighted by Crippen LogP contribution is -2.46. The number of halogens is 1. The zero-order valence-corrected chi connectivity index (χ0v) is 16.6. The number of benzene rings is 1. The van der Waals surface area contributed by atoms with Gasteiger partial charge in [0.2, 0.25) is 11.8 Å². The lowest BCUT2D eigenvalue weighted by Gasteiger charge is -2.33. The van der Waals surface area contributed by atoms with Crippen LogP contribution in [0.4, 0.5) is 5.69 Å². The molecular formula is C20H30ClN3O2. The number of piperidine rings is 1. The minimum atomic E-state index is -0.220. The number of anilines is 1. The maximum absolute atomic E-state index is 12.8. The Bertz CT molecular complexity index is 614. The summed E-state index contributed by atoms with van der Waals surface area (Å²) in [5.74, 6) is -0.0478. The summed E-state index contributed by atoms with van der Waals surface area (Å²) in [5.41, 5.74) is 2.20. The molecule has 1 N–H and O–H groups in total. The number of amides is 2. The molecule has 5 nitrogen and oxygen atoms in total. The molecule has 26 heavy (non-hydrogen) atoms. The molecule has 2 aliphatic heterocycles. The van der Waals surface area contributed by atoms with Gasteiger partial charge in [0.1, 0.15) is 0 Å². The van der Waals surface area contributed by atoms with Gasteiger partial charge in [0.15, 0.2) is 0 Å². The molecule has 0 aliphatic carbocycles. The lowest BCUT2D eigenvalue weighted by atomic mass is 10.0. The van der Waals surface area contributed by atoms with Crippen LogP contribution in [0.1, 0.15) is 38.2 Å². The van der Waals surface area contributed by atoms with Gasteiger partial charge in [-0.25, -0.2) is 0 Å². The molecule has 6 heteroatoms. The fourth-order valence-corrected chi connectivity index (χ4v) is 3.92. The van der Waals surface area contributed by atoms with Crippen LogP contribution in [-0.2, 0) is 16.0 Å². The molecule has 0 spiro atoms. The summed E-state index contributed by atoms with van der Waals surface area (Å²) < 4.78 is 0. The average Bonchev–Trinajstić information content (AvgIpc) is 3.04. The van der Waals surface area contributed by atoms with Gasteiger partial charge in [0.05, 0.1) is 5.92 Å². The van der Waals surface area contributed by atoms with E-state index in [2.05, 4.69) is 24.4 Å². The molecule has 144 valence electrons. The Morgan fingerprint density at radius 3 is 2.50 bits per heavy atom. The van der Waals surface area contributed by atoms with Crippen molar-refractivity contribution in [3.05, 3.63) is 29.8 Å². The Hall–Kier alpha value is -1.59. The van der Waals surface area contributed by atoms with Gasteiger partial charge in [-0.3, -0.25) is 9.59 Å². The smallest absolute Gasteiger partial charge is 0.228 e. The molecule has 0 bridgehead atoms. The van der Waals surface area contributed by atoms with Crippen LogP contribution >= 0.6 is 12.4 Å². The molecule has 2 saturated heterocycles. The van der Waals surface area contributed by atoms with E-state index in [1.54, 1.807) is 4.90 Å². The van der Waals surface area contributed by atoms with E-state index in [9.17, 15) is 9.59 Å². The predicted octanol–water partition coefficient (Wildman–Crippen LogP) is 2.62. The third-order valence-corrected chi connectivity index (χ3v) is 5.46. The Morgan fingerprint density at radius 2 is 1.88 bits per heavy atom. The Morgan fingerprint density at radius 1 is 1.23 bits per heavy atom. The highest BCUT2D eigenvalue weighted by Gasteiger charge is 2.37. The summed E-state index contributed by atoms with van der Waals surface area (Å²) in [6.07, 6.45) is 4.47. The Labute approximate surface area is 162 Å². The zero-order valence-electron chi connectivity index (χ0n) is 15.7. The first-order valence-electron chi connectivity index (χ1n) is 9.47. The quantitative estimate of drug-likeness (QED) is 0.855. The fraction of sp³-hybridized carbons (Fsp3) is 0.600. The number of aryl methyl sites for hydroxylation is 1. The van der Waals surface area contributed by atoms with Crippen LogP contribution in [0, 0.1) is 5.92 Å². The molecule has 2 fully saturated rings. The molecular weight excluding hydrogens is 350 g/mol. The van der Waals surface area contributed by atoms with Gasteiger partial charge in [0, 0.05) is 31.7 Å². The third kappa shape index (κ3) is 4.57. The van der Waals surface area contributed by atoms with E-state index in [0.29, 0.717) is 19.0 Å². The standard InChI is InChI=1S/C20H29N3O2.ClH/c1-3-4-15-5-7-18(8-6-15)23-14-16(13-19(23)24)20(25)22(2)17-9-11-21-12-10-17;/h5-8,16-17,21H,3-4,9-14H2,1-2H3;1H. The highest BCUT2D eigenvalue weighted by Crippen LogP contribution is 2.27. The summed E-state index contributed by atoms with van der Waals surface area (Å²) in [7, 11) is 1.89. The number of carbonyl (C=O) groups is 2. The van der Waals surface area contributed by atoms with E-state index in [4.69, 9.17) is 0 Å². The summed E-state index contributed by atoms with van der Waals surface area (Å²) in [5, 5.41) is 3.33. The molecule has 1 aromatic carbocycles. The van der Waals surface area contributed by atoms with Gasteiger partial charge in [0.25, 0.3) is 0 Å². The molecule has 0 radical (unpaired) electrons. The molecule has 3 rings (SSSR count).